The highest BCUT2D eigenvalue weighted by Gasteiger charge is 2.14. The van der Waals surface area contributed by atoms with Crippen LogP contribution in [0.5, 0.6) is 0 Å². The van der Waals surface area contributed by atoms with Crippen LogP contribution in [0.1, 0.15) is 22.8 Å². The predicted molar refractivity (Wildman–Crippen MR) is 107 cm³/mol. The van der Waals surface area contributed by atoms with Crippen LogP contribution >= 0.6 is 0 Å². The summed E-state index contributed by atoms with van der Waals surface area (Å²) >= 11 is 0. The number of benzene rings is 3. The second-order valence-electron chi connectivity index (χ2n) is 6.31. The molecule has 0 atom stereocenters. The van der Waals surface area contributed by atoms with Crippen molar-refractivity contribution < 1.29 is 9.53 Å². The molecule has 0 aliphatic heterocycles. The average Bonchev–Trinajstić information content (AvgIpc) is 3.08. The third-order valence-corrected chi connectivity index (χ3v) is 4.48. The molecule has 0 fully saturated rings. The van der Waals surface area contributed by atoms with Crippen LogP contribution < -0.4 is 0 Å². The molecule has 3 aromatic carbocycles. The van der Waals surface area contributed by atoms with E-state index in [0.29, 0.717) is 18.7 Å². The van der Waals surface area contributed by atoms with Crippen LogP contribution in [-0.4, -0.2) is 22.4 Å². The Morgan fingerprint density at radius 1 is 0.963 bits per heavy atom. The molecule has 4 nitrogen and oxygen atoms in total. The first-order valence-electron chi connectivity index (χ1n) is 9.03. The summed E-state index contributed by atoms with van der Waals surface area (Å²) < 4.78 is 7.14. The molecule has 0 amide bonds. The number of fused-ring (bicyclic) bond motifs is 1. The quantitative estimate of drug-likeness (QED) is 0.476. The minimum Gasteiger partial charge on any atom is -0.462 e. The van der Waals surface area contributed by atoms with E-state index in [1.165, 1.54) is 5.56 Å². The van der Waals surface area contributed by atoms with Gasteiger partial charge in [0.05, 0.1) is 24.2 Å². The van der Waals surface area contributed by atoms with Crippen LogP contribution in [0.25, 0.3) is 22.2 Å². The van der Waals surface area contributed by atoms with Gasteiger partial charge in [-0.15, -0.1) is 0 Å². The molecule has 1 aromatic heterocycles. The van der Waals surface area contributed by atoms with Crippen molar-refractivity contribution in [2.45, 2.75) is 13.5 Å². The van der Waals surface area contributed by atoms with Crippen molar-refractivity contribution >= 4 is 16.9 Å². The number of carbonyl (C=O) groups is 1. The van der Waals surface area contributed by atoms with E-state index < -0.39 is 0 Å². The van der Waals surface area contributed by atoms with Gasteiger partial charge >= 0.3 is 5.97 Å². The Hall–Kier alpha value is -3.40. The van der Waals surface area contributed by atoms with Gasteiger partial charge in [-0.05, 0) is 30.7 Å². The number of esters is 1. The van der Waals surface area contributed by atoms with Gasteiger partial charge in [-0.25, -0.2) is 4.79 Å². The van der Waals surface area contributed by atoms with Crippen molar-refractivity contribution in [2.75, 3.05) is 6.61 Å². The number of hydrogen-bond donors (Lipinski definition) is 0. The fraction of sp³-hybridized carbons (Fsp3) is 0.130. The summed E-state index contributed by atoms with van der Waals surface area (Å²) in [6, 6.07) is 25.9. The predicted octanol–water partition coefficient (Wildman–Crippen LogP) is 4.93. The number of ether oxygens (including phenoxy) is 1. The summed E-state index contributed by atoms with van der Waals surface area (Å²) in [5.74, 6) is -0.313. The molecular formula is C23H20N2O2. The van der Waals surface area contributed by atoms with Gasteiger partial charge in [0.2, 0.25) is 0 Å². The van der Waals surface area contributed by atoms with Crippen molar-refractivity contribution in [3.63, 3.8) is 0 Å². The fourth-order valence-corrected chi connectivity index (χ4v) is 3.23. The Morgan fingerprint density at radius 3 is 2.56 bits per heavy atom. The molecule has 0 bridgehead atoms. The van der Waals surface area contributed by atoms with Crippen molar-refractivity contribution in [3.8, 4) is 11.3 Å². The Labute approximate surface area is 158 Å². The van der Waals surface area contributed by atoms with Gasteiger partial charge < -0.3 is 4.74 Å². The Kier molecular flexibility index (Phi) is 4.71. The van der Waals surface area contributed by atoms with Crippen LogP contribution in [0.15, 0.2) is 78.9 Å². The van der Waals surface area contributed by atoms with Crippen molar-refractivity contribution in [1.29, 1.82) is 0 Å². The number of aromatic nitrogens is 2. The maximum absolute atomic E-state index is 12.1. The van der Waals surface area contributed by atoms with Crippen molar-refractivity contribution in [2.24, 2.45) is 0 Å². The monoisotopic (exact) mass is 356 g/mol. The second-order valence-corrected chi connectivity index (χ2v) is 6.31. The summed E-state index contributed by atoms with van der Waals surface area (Å²) in [6.45, 7) is 2.86. The maximum Gasteiger partial charge on any atom is 0.338 e. The van der Waals surface area contributed by atoms with E-state index in [9.17, 15) is 4.79 Å². The molecule has 0 radical (unpaired) electrons. The molecule has 1 heterocycles. The minimum atomic E-state index is -0.313. The number of rotatable bonds is 5. The van der Waals surface area contributed by atoms with Crippen molar-refractivity contribution in [3.05, 3.63) is 90.0 Å². The molecule has 27 heavy (non-hydrogen) atoms. The molecule has 0 aliphatic carbocycles. The first-order valence-corrected chi connectivity index (χ1v) is 9.03. The SMILES string of the molecule is CCOC(=O)c1cccc(-c2nn(Cc3ccccc3)c3ccccc23)c1. The van der Waals surface area contributed by atoms with Gasteiger partial charge in [0.25, 0.3) is 0 Å². The first kappa shape index (κ1) is 17.0. The van der Waals surface area contributed by atoms with Crippen LogP contribution in [0, 0.1) is 0 Å². The molecule has 0 aliphatic rings. The fourth-order valence-electron chi connectivity index (χ4n) is 3.23. The zero-order valence-corrected chi connectivity index (χ0v) is 15.1. The van der Waals surface area contributed by atoms with E-state index in [0.717, 1.165) is 22.2 Å². The van der Waals surface area contributed by atoms with Gasteiger partial charge in [0, 0.05) is 10.9 Å². The minimum absolute atomic E-state index is 0.313. The number of carbonyl (C=O) groups excluding carboxylic acids is 1. The third-order valence-electron chi connectivity index (χ3n) is 4.48. The van der Waals surface area contributed by atoms with Gasteiger partial charge in [-0.2, -0.15) is 5.10 Å². The van der Waals surface area contributed by atoms with Crippen LogP contribution in [0.2, 0.25) is 0 Å². The molecule has 0 saturated carbocycles. The molecule has 0 unspecified atom stereocenters. The van der Waals surface area contributed by atoms with Gasteiger partial charge in [0.1, 0.15) is 5.69 Å². The number of hydrogen-bond acceptors (Lipinski definition) is 3. The highest BCUT2D eigenvalue weighted by Crippen LogP contribution is 2.29. The van der Waals surface area contributed by atoms with Gasteiger partial charge in [-0.3, -0.25) is 4.68 Å². The third kappa shape index (κ3) is 3.47. The Bertz CT molecular complexity index is 1080. The normalized spacial score (nSPS) is 10.9. The van der Waals surface area contributed by atoms with E-state index >= 15 is 0 Å². The van der Waals surface area contributed by atoms with Gasteiger partial charge in [-0.1, -0.05) is 60.7 Å². The maximum atomic E-state index is 12.1. The molecule has 0 spiro atoms. The highest BCUT2D eigenvalue weighted by molar-refractivity contribution is 5.96. The van der Waals surface area contributed by atoms with Crippen LogP contribution in [0.4, 0.5) is 0 Å². The van der Waals surface area contributed by atoms with Crippen molar-refractivity contribution in [1.82, 2.24) is 9.78 Å². The average molecular weight is 356 g/mol. The van der Waals surface area contributed by atoms with E-state index in [1.54, 1.807) is 13.0 Å². The lowest BCUT2D eigenvalue weighted by Crippen LogP contribution is -2.04. The van der Waals surface area contributed by atoms with E-state index in [4.69, 9.17) is 9.84 Å². The standard InChI is InChI=1S/C23H20N2O2/c1-2-27-23(26)19-12-8-11-18(15-19)22-20-13-6-7-14-21(20)25(24-22)16-17-9-4-3-5-10-17/h3-15H,2,16H2,1H3. The summed E-state index contributed by atoms with van der Waals surface area (Å²) in [6.07, 6.45) is 0. The molecule has 0 N–H and O–H groups in total. The Morgan fingerprint density at radius 2 is 1.74 bits per heavy atom. The molecule has 0 saturated heterocycles. The zero-order chi connectivity index (χ0) is 18.6. The lowest BCUT2D eigenvalue weighted by Gasteiger charge is -2.04. The largest absolute Gasteiger partial charge is 0.462 e. The summed E-state index contributed by atoms with van der Waals surface area (Å²) in [4.78, 5) is 12.1. The zero-order valence-electron chi connectivity index (χ0n) is 15.1. The highest BCUT2D eigenvalue weighted by atomic mass is 16.5. The molecular weight excluding hydrogens is 336 g/mol. The first-order chi connectivity index (χ1) is 13.3. The van der Waals surface area contributed by atoms with E-state index in [1.807, 2.05) is 53.2 Å². The lowest BCUT2D eigenvalue weighted by atomic mass is 10.1. The van der Waals surface area contributed by atoms with E-state index in [-0.39, 0.29) is 5.97 Å². The summed E-state index contributed by atoms with van der Waals surface area (Å²) in [5.41, 5.74) is 4.57. The smallest absolute Gasteiger partial charge is 0.338 e. The lowest BCUT2D eigenvalue weighted by molar-refractivity contribution is 0.0526. The summed E-state index contributed by atoms with van der Waals surface area (Å²) in [5, 5.41) is 5.93. The molecule has 4 rings (SSSR count). The summed E-state index contributed by atoms with van der Waals surface area (Å²) in [7, 11) is 0. The van der Waals surface area contributed by atoms with E-state index in [2.05, 4.69) is 24.3 Å². The Balaban J connectivity index is 1.79. The number of nitrogens with zero attached hydrogens (tertiary/aromatic N) is 2. The second kappa shape index (κ2) is 7.46. The molecule has 4 aromatic rings. The van der Waals surface area contributed by atoms with Crippen LogP contribution in [-0.2, 0) is 11.3 Å². The van der Waals surface area contributed by atoms with Crippen LogP contribution in [0.3, 0.4) is 0 Å². The molecule has 134 valence electrons. The van der Waals surface area contributed by atoms with Gasteiger partial charge in [0.15, 0.2) is 0 Å². The topological polar surface area (TPSA) is 44.1 Å². The molecule has 4 heteroatoms. The number of para-hydroxylation sites is 1.